The molecule has 29 heavy (non-hydrogen) atoms. The number of fused-ring (bicyclic) bond motifs is 1. The molecule has 1 atom stereocenters. The van der Waals surface area contributed by atoms with Crippen LogP contribution in [0.25, 0.3) is 11.2 Å². The average molecular weight is 397 g/mol. The molecule has 152 valence electrons. The number of benzene rings is 1. The fraction of sp³-hybridized carbons (Fsp3) is 0.400. The first-order valence-corrected chi connectivity index (χ1v) is 9.49. The first kappa shape index (κ1) is 19.0. The molecule has 1 aromatic carbocycles. The summed E-state index contributed by atoms with van der Waals surface area (Å²) >= 11 is 0. The molecular weight excluding hydrogens is 374 g/mol. The Bertz CT molecular complexity index is 1190. The van der Waals surface area contributed by atoms with E-state index in [2.05, 4.69) is 9.97 Å². The quantitative estimate of drug-likeness (QED) is 0.710. The maximum absolute atomic E-state index is 12.9. The number of piperidine rings is 1. The molecule has 1 saturated heterocycles. The molecule has 2 aromatic heterocycles. The number of ether oxygens (including phenoxy) is 1. The lowest BCUT2D eigenvalue weighted by atomic mass is 9.96. The summed E-state index contributed by atoms with van der Waals surface area (Å²) in [7, 11) is 4.62. The number of nitrogens with one attached hydrogen (secondary N) is 1. The molecule has 1 aliphatic rings. The number of carbonyl (C=O) groups excluding carboxylic acids is 1. The normalized spacial score (nSPS) is 16.9. The lowest BCUT2D eigenvalue weighted by Crippen LogP contribution is -2.39. The number of methoxy groups -OCH3 is 1. The first-order chi connectivity index (χ1) is 13.9. The average Bonchev–Trinajstić information content (AvgIpc) is 3.22. The van der Waals surface area contributed by atoms with Crippen LogP contribution >= 0.6 is 0 Å². The van der Waals surface area contributed by atoms with Crippen molar-refractivity contribution >= 4 is 17.1 Å². The highest BCUT2D eigenvalue weighted by Crippen LogP contribution is 2.27. The van der Waals surface area contributed by atoms with Crippen molar-refractivity contribution in [1.29, 1.82) is 0 Å². The number of likely N-dealkylation sites (tertiary alicyclic amines) is 1. The largest absolute Gasteiger partial charge is 0.497 e. The Morgan fingerprint density at radius 3 is 2.59 bits per heavy atom. The molecule has 0 radical (unpaired) electrons. The monoisotopic (exact) mass is 397 g/mol. The van der Waals surface area contributed by atoms with Gasteiger partial charge in [-0.3, -0.25) is 18.7 Å². The number of hydrogen-bond acceptors (Lipinski definition) is 5. The Labute approximate surface area is 166 Å². The van der Waals surface area contributed by atoms with Gasteiger partial charge in [-0.2, -0.15) is 0 Å². The summed E-state index contributed by atoms with van der Waals surface area (Å²) < 4.78 is 7.57. The van der Waals surface area contributed by atoms with Crippen LogP contribution in [0.3, 0.4) is 0 Å². The Morgan fingerprint density at radius 1 is 1.17 bits per heavy atom. The molecule has 0 aliphatic carbocycles. The number of rotatable bonds is 3. The van der Waals surface area contributed by atoms with E-state index in [1.165, 1.54) is 11.6 Å². The van der Waals surface area contributed by atoms with Gasteiger partial charge < -0.3 is 14.6 Å². The number of amides is 1. The summed E-state index contributed by atoms with van der Waals surface area (Å²) in [5, 5.41) is 0. The van der Waals surface area contributed by atoms with E-state index in [0.29, 0.717) is 41.4 Å². The van der Waals surface area contributed by atoms with E-state index in [9.17, 15) is 14.4 Å². The number of nitrogens with zero attached hydrogens (tertiary/aromatic N) is 4. The molecule has 9 nitrogen and oxygen atoms in total. The number of aryl methyl sites for hydroxylation is 1. The van der Waals surface area contributed by atoms with E-state index < -0.39 is 11.2 Å². The number of carbonyl (C=O) groups is 1. The topological polar surface area (TPSA) is 102 Å². The number of aromatic amines is 1. The van der Waals surface area contributed by atoms with Gasteiger partial charge in [0.15, 0.2) is 5.65 Å². The SMILES string of the molecule is COc1ccc(C(=O)N2CCCC(c3nc4c([nH]3)c(=O)n(C)c(=O)n4C)C2)cc1. The summed E-state index contributed by atoms with van der Waals surface area (Å²) in [5.41, 5.74) is 0.437. The van der Waals surface area contributed by atoms with Crippen LogP contribution in [-0.4, -0.2) is 50.1 Å². The Hall–Kier alpha value is -3.36. The number of imidazole rings is 1. The molecule has 1 fully saturated rings. The molecular formula is C20H23N5O4. The molecule has 9 heteroatoms. The van der Waals surface area contributed by atoms with Gasteiger partial charge in [-0.05, 0) is 37.1 Å². The number of aromatic nitrogens is 4. The minimum Gasteiger partial charge on any atom is -0.497 e. The van der Waals surface area contributed by atoms with Gasteiger partial charge in [-0.1, -0.05) is 0 Å². The second kappa shape index (κ2) is 7.23. The zero-order chi connectivity index (χ0) is 20.7. The van der Waals surface area contributed by atoms with Crippen LogP contribution in [-0.2, 0) is 14.1 Å². The third kappa shape index (κ3) is 3.22. The summed E-state index contributed by atoms with van der Waals surface area (Å²) in [6, 6.07) is 7.05. The summed E-state index contributed by atoms with van der Waals surface area (Å²) in [6.45, 7) is 1.17. The van der Waals surface area contributed by atoms with Gasteiger partial charge in [-0.25, -0.2) is 9.78 Å². The standard InChI is InChI=1S/C20H23N5O4/c1-23-17-15(19(27)24(2)20(23)28)21-16(22-17)13-5-4-10-25(11-13)18(26)12-6-8-14(29-3)9-7-12/h6-9,13H,4-5,10-11H2,1-3H3,(H,21,22). The third-order valence-electron chi connectivity index (χ3n) is 5.55. The molecule has 0 saturated carbocycles. The van der Waals surface area contributed by atoms with Crippen LogP contribution in [0.4, 0.5) is 0 Å². The van der Waals surface area contributed by atoms with Gasteiger partial charge in [0.05, 0.1) is 7.11 Å². The van der Waals surface area contributed by atoms with Crippen molar-refractivity contribution in [1.82, 2.24) is 24.0 Å². The van der Waals surface area contributed by atoms with Crippen molar-refractivity contribution < 1.29 is 9.53 Å². The number of hydrogen-bond donors (Lipinski definition) is 1. The van der Waals surface area contributed by atoms with Gasteiger partial charge in [0.1, 0.15) is 17.1 Å². The minimum atomic E-state index is -0.416. The van der Waals surface area contributed by atoms with Crippen molar-refractivity contribution in [3.63, 3.8) is 0 Å². The molecule has 1 aliphatic heterocycles. The van der Waals surface area contributed by atoms with Crippen LogP contribution in [0.2, 0.25) is 0 Å². The molecule has 4 rings (SSSR count). The van der Waals surface area contributed by atoms with E-state index in [0.717, 1.165) is 17.4 Å². The van der Waals surface area contributed by atoms with E-state index in [1.807, 2.05) is 0 Å². The van der Waals surface area contributed by atoms with Crippen molar-refractivity contribution in [3.05, 3.63) is 56.5 Å². The van der Waals surface area contributed by atoms with Crippen LogP contribution in [0.5, 0.6) is 5.75 Å². The predicted octanol–water partition coefficient (Wildman–Crippen LogP) is 0.989. The number of H-pyrrole nitrogens is 1. The van der Waals surface area contributed by atoms with E-state index in [1.54, 1.807) is 43.3 Å². The zero-order valence-electron chi connectivity index (χ0n) is 16.6. The van der Waals surface area contributed by atoms with Gasteiger partial charge in [0, 0.05) is 38.7 Å². The highest BCUT2D eigenvalue weighted by Gasteiger charge is 2.28. The summed E-state index contributed by atoms with van der Waals surface area (Å²) in [4.78, 5) is 46.9. The lowest BCUT2D eigenvalue weighted by molar-refractivity contribution is 0.0705. The highest BCUT2D eigenvalue weighted by molar-refractivity contribution is 5.94. The zero-order valence-corrected chi connectivity index (χ0v) is 16.6. The Kier molecular flexibility index (Phi) is 4.73. The van der Waals surface area contributed by atoms with Gasteiger partial charge >= 0.3 is 5.69 Å². The smallest absolute Gasteiger partial charge is 0.332 e. The minimum absolute atomic E-state index is 0.0295. The molecule has 1 N–H and O–H groups in total. The van der Waals surface area contributed by atoms with Crippen molar-refractivity contribution in [2.45, 2.75) is 18.8 Å². The predicted molar refractivity (Wildman–Crippen MR) is 107 cm³/mol. The highest BCUT2D eigenvalue weighted by atomic mass is 16.5. The van der Waals surface area contributed by atoms with E-state index in [-0.39, 0.29) is 11.8 Å². The van der Waals surface area contributed by atoms with Gasteiger partial charge in [0.2, 0.25) is 0 Å². The van der Waals surface area contributed by atoms with Crippen molar-refractivity contribution in [2.24, 2.45) is 14.1 Å². The molecule has 3 aromatic rings. The summed E-state index contributed by atoms with van der Waals surface area (Å²) in [6.07, 6.45) is 1.68. The summed E-state index contributed by atoms with van der Waals surface area (Å²) in [5.74, 6) is 1.26. The van der Waals surface area contributed by atoms with Crippen molar-refractivity contribution in [3.8, 4) is 5.75 Å². The maximum Gasteiger partial charge on any atom is 0.332 e. The first-order valence-electron chi connectivity index (χ1n) is 9.49. The van der Waals surface area contributed by atoms with Gasteiger partial charge in [-0.15, -0.1) is 0 Å². The Balaban J connectivity index is 1.62. The third-order valence-corrected chi connectivity index (χ3v) is 5.55. The van der Waals surface area contributed by atoms with Crippen molar-refractivity contribution in [2.75, 3.05) is 20.2 Å². The van der Waals surface area contributed by atoms with Crippen LogP contribution in [0.1, 0.15) is 34.9 Å². The van der Waals surface area contributed by atoms with E-state index in [4.69, 9.17) is 4.74 Å². The molecule has 3 heterocycles. The molecule has 1 amide bonds. The van der Waals surface area contributed by atoms with Crippen LogP contribution in [0, 0.1) is 0 Å². The fourth-order valence-electron chi connectivity index (χ4n) is 3.84. The second-order valence-corrected chi connectivity index (χ2v) is 7.35. The van der Waals surface area contributed by atoms with E-state index >= 15 is 0 Å². The maximum atomic E-state index is 12.9. The Morgan fingerprint density at radius 2 is 1.90 bits per heavy atom. The lowest BCUT2D eigenvalue weighted by Gasteiger charge is -2.32. The molecule has 1 unspecified atom stereocenters. The van der Waals surface area contributed by atoms with Gasteiger partial charge in [0.25, 0.3) is 11.5 Å². The van der Waals surface area contributed by atoms with Crippen LogP contribution < -0.4 is 16.0 Å². The fourth-order valence-corrected chi connectivity index (χ4v) is 3.84. The van der Waals surface area contributed by atoms with Crippen LogP contribution in [0.15, 0.2) is 33.9 Å². The second-order valence-electron chi connectivity index (χ2n) is 7.35. The molecule has 0 bridgehead atoms. The molecule has 0 spiro atoms.